The molecule has 166 valence electrons. The zero-order valence-corrected chi connectivity index (χ0v) is 18.1. The Morgan fingerprint density at radius 1 is 1.00 bits per heavy atom. The van der Waals surface area contributed by atoms with Crippen LogP contribution in [0.2, 0.25) is 0 Å². The van der Waals surface area contributed by atoms with E-state index >= 15 is 0 Å². The number of hydrogen-bond donors (Lipinski definition) is 0. The van der Waals surface area contributed by atoms with E-state index < -0.39 is 0 Å². The van der Waals surface area contributed by atoms with Crippen molar-refractivity contribution in [3.8, 4) is 17.2 Å². The van der Waals surface area contributed by atoms with Gasteiger partial charge in [-0.25, -0.2) is 4.98 Å². The fourth-order valence-corrected chi connectivity index (χ4v) is 4.51. The molecule has 1 saturated carbocycles. The van der Waals surface area contributed by atoms with E-state index in [4.69, 9.17) is 14.2 Å². The first-order valence-electron chi connectivity index (χ1n) is 11.4. The summed E-state index contributed by atoms with van der Waals surface area (Å²) in [6.45, 7) is 4.81. The molecule has 0 unspecified atom stereocenters. The molecule has 0 radical (unpaired) electrons. The standard InChI is InChI=1S/C24H26N4O4/c1-15-12-22-25-19(16-2-3-16)14-23(29)28(22)26-24(15)27-8-6-17(7-9-27)32-18-4-5-20-21(13-18)31-11-10-30-20/h4-5,12-14,16-17H,2-3,6-11H2,1H3. The molecular formula is C24H26N4O4. The molecule has 0 bridgehead atoms. The number of ether oxygens (including phenoxy) is 3. The SMILES string of the molecule is Cc1cc2nc(C3CC3)cc(=O)n2nc1N1CCC(Oc2ccc3c(c2)OCCO3)CC1. The normalized spacial score (nSPS) is 18.7. The third-order valence-electron chi connectivity index (χ3n) is 6.39. The summed E-state index contributed by atoms with van der Waals surface area (Å²) in [6.07, 6.45) is 4.12. The van der Waals surface area contributed by atoms with Crippen molar-refractivity contribution in [2.75, 3.05) is 31.2 Å². The van der Waals surface area contributed by atoms with Crippen molar-refractivity contribution in [2.45, 2.75) is 44.6 Å². The molecule has 0 amide bonds. The lowest BCUT2D eigenvalue weighted by atomic mass is 10.1. The van der Waals surface area contributed by atoms with Crippen LogP contribution < -0.4 is 24.7 Å². The summed E-state index contributed by atoms with van der Waals surface area (Å²) in [6, 6.07) is 9.37. The summed E-state index contributed by atoms with van der Waals surface area (Å²) in [5.74, 6) is 3.60. The van der Waals surface area contributed by atoms with Crippen LogP contribution in [0.4, 0.5) is 5.82 Å². The minimum Gasteiger partial charge on any atom is -0.490 e. The molecule has 2 fully saturated rings. The maximum atomic E-state index is 12.6. The second-order valence-electron chi connectivity index (χ2n) is 8.82. The molecule has 0 N–H and O–H groups in total. The molecule has 3 aliphatic rings. The third kappa shape index (κ3) is 3.63. The molecule has 8 nitrogen and oxygen atoms in total. The molecule has 2 aromatic heterocycles. The molecule has 1 aromatic carbocycles. The van der Waals surface area contributed by atoms with Crippen LogP contribution in [-0.4, -0.2) is 47.0 Å². The smallest absolute Gasteiger partial charge is 0.274 e. The highest BCUT2D eigenvalue weighted by atomic mass is 16.6. The summed E-state index contributed by atoms with van der Waals surface area (Å²) in [5, 5.41) is 4.67. The molecule has 2 aliphatic heterocycles. The van der Waals surface area contributed by atoms with Crippen LogP contribution in [0.25, 0.3) is 5.65 Å². The van der Waals surface area contributed by atoms with Crippen LogP contribution in [0.1, 0.15) is 42.9 Å². The highest BCUT2D eigenvalue weighted by Crippen LogP contribution is 2.38. The predicted octanol–water partition coefficient (Wildman–Crippen LogP) is 3.09. The van der Waals surface area contributed by atoms with Crippen LogP contribution in [0.15, 0.2) is 35.1 Å². The largest absolute Gasteiger partial charge is 0.490 e. The van der Waals surface area contributed by atoms with E-state index in [9.17, 15) is 4.79 Å². The first kappa shape index (κ1) is 19.4. The Hall–Kier alpha value is -3.29. The summed E-state index contributed by atoms with van der Waals surface area (Å²) < 4.78 is 18.9. The Kier molecular flexibility index (Phi) is 4.66. The van der Waals surface area contributed by atoms with E-state index in [2.05, 4.69) is 15.0 Å². The molecule has 8 heteroatoms. The van der Waals surface area contributed by atoms with E-state index in [0.29, 0.717) is 24.8 Å². The zero-order chi connectivity index (χ0) is 21.7. The number of nitrogens with zero attached hydrogens (tertiary/aromatic N) is 4. The minimum absolute atomic E-state index is 0.102. The van der Waals surface area contributed by atoms with E-state index in [1.165, 1.54) is 4.52 Å². The van der Waals surface area contributed by atoms with Crippen LogP contribution >= 0.6 is 0 Å². The zero-order valence-electron chi connectivity index (χ0n) is 18.1. The lowest BCUT2D eigenvalue weighted by molar-refractivity contribution is 0.159. The maximum Gasteiger partial charge on any atom is 0.274 e. The minimum atomic E-state index is -0.102. The Morgan fingerprint density at radius 3 is 2.56 bits per heavy atom. The highest BCUT2D eigenvalue weighted by molar-refractivity contribution is 5.53. The number of aryl methyl sites for hydroxylation is 1. The van der Waals surface area contributed by atoms with Gasteiger partial charge in [-0.1, -0.05) is 0 Å². The number of rotatable bonds is 4. The van der Waals surface area contributed by atoms with Crippen LogP contribution in [0.3, 0.4) is 0 Å². The van der Waals surface area contributed by atoms with Crippen molar-refractivity contribution in [3.05, 3.63) is 51.9 Å². The molecule has 4 heterocycles. The van der Waals surface area contributed by atoms with Crippen molar-refractivity contribution in [1.29, 1.82) is 0 Å². The quantitative estimate of drug-likeness (QED) is 0.624. The van der Waals surface area contributed by atoms with E-state index in [1.54, 1.807) is 6.07 Å². The fourth-order valence-electron chi connectivity index (χ4n) is 4.51. The number of fused-ring (bicyclic) bond motifs is 2. The lowest BCUT2D eigenvalue weighted by Gasteiger charge is -2.33. The van der Waals surface area contributed by atoms with Crippen molar-refractivity contribution >= 4 is 11.5 Å². The van der Waals surface area contributed by atoms with Crippen molar-refractivity contribution in [2.24, 2.45) is 0 Å². The monoisotopic (exact) mass is 434 g/mol. The Labute approximate surface area is 185 Å². The van der Waals surface area contributed by atoms with Gasteiger partial charge < -0.3 is 19.1 Å². The molecule has 1 aliphatic carbocycles. The van der Waals surface area contributed by atoms with Gasteiger partial charge in [-0.05, 0) is 43.5 Å². The summed E-state index contributed by atoms with van der Waals surface area (Å²) in [4.78, 5) is 19.6. The Balaban J connectivity index is 1.16. The molecule has 6 rings (SSSR count). The van der Waals surface area contributed by atoms with Gasteiger partial charge in [-0.2, -0.15) is 4.52 Å². The van der Waals surface area contributed by atoms with Crippen LogP contribution in [0, 0.1) is 6.92 Å². The average Bonchev–Trinajstić information content (AvgIpc) is 3.65. The molecule has 1 saturated heterocycles. The summed E-state index contributed by atoms with van der Waals surface area (Å²) >= 11 is 0. The van der Waals surface area contributed by atoms with E-state index in [0.717, 1.165) is 73.1 Å². The van der Waals surface area contributed by atoms with Gasteiger partial charge in [0.25, 0.3) is 5.56 Å². The number of aromatic nitrogens is 3. The highest BCUT2D eigenvalue weighted by Gasteiger charge is 2.27. The average molecular weight is 434 g/mol. The maximum absolute atomic E-state index is 12.6. The fraction of sp³-hybridized carbons (Fsp3) is 0.458. The number of anilines is 1. The van der Waals surface area contributed by atoms with Gasteiger partial charge in [0.05, 0.1) is 5.69 Å². The Bertz CT molecular complexity index is 1230. The molecule has 0 atom stereocenters. The van der Waals surface area contributed by atoms with E-state index in [-0.39, 0.29) is 11.7 Å². The number of hydrogen-bond acceptors (Lipinski definition) is 7. The van der Waals surface area contributed by atoms with Crippen molar-refractivity contribution < 1.29 is 14.2 Å². The molecule has 32 heavy (non-hydrogen) atoms. The van der Waals surface area contributed by atoms with Gasteiger partial charge >= 0.3 is 0 Å². The third-order valence-corrected chi connectivity index (χ3v) is 6.39. The molecular weight excluding hydrogens is 408 g/mol. The van der Waals surface area contributed by atoms with Crippen LogP contribution in [0.5, 0.6) is 17.2 Å². The van der Waals surface area contributed by atoms with Crippen LogP contribution in [-0.2, 0) is 0 Å². The van der Waals surface area contributed by atoms with Crippen molar-refractivity contribution in [1.82, 2.24) is 14.6 Å². The van der Waals surface area contributed by atoms with Gasteiger partial charge in [-0.3, -0.25) is 4.79 Å². The molecule has 0 spiro atoms. The predicted molar refractivity (Wildman–Crippen MR) is 119 cm³/mol. The second kappa shape index (κ2) is 7.69. The topological polar surface area (TPSA) is 78.2 Å². The van der Waals surface area contributed by atoms with Gasteiger partial charge in [0.1, 0.15) is 25.1 Å². The van der Waals surface area contributed by atoms with Gasteiger partial charge in [0.2, 0.25) is 0 Å². The molecule has 3 aromatic rings. The first-order chi connectivity index (χ1) is 15.6. The first-order valence-corrected chi connectivity index (χ1v) is 11.4. The van der Waals surface area contributed by atoms with E-state index in [1.807, 2.05) is 31.2 Å². The second-order valence-corrected chi connectivity index (χ2v) is 8.82. The lowest BCUT2D eigenvalue weighted by Crippen LogP contribution is -2.39. The van der Waals surface area contributed by atoms with Gasteiger partial charge in [-0.15, -0.1) is 5.10 Å². The Morgan fingerprint density at radius 2 is 1.78 bits per heavy atom. The summed E-state index contributed by atoms with van der Waals surface area (Å²) in [7, 11) is 0. The number of piperidine rings is 1. The summed E-state index contributed by atoms with van der Waals surface area (Å²) in [5.41, 5.74) is 2.48. The van der Waals surface area contributed by atoms with Crippen molar-refractivity contribution in [3.63, 3.8) is 0 Å². The number of benzene rings is 1. The van der Waals surface area contributed by atoms with Gasteiger partial charge in [0.15, 0.2) is 23.0 Å². The van der Waals surface area contributed by atoms with Gasteiger partial charge in [0, 0.05) is 44.0 Å².